The number of rotatable bonds is 6. The molecule has 6 nitrogen and oxygen atoms in total. The van der Waals surface area contributed by atoms with Crippen LogP contribution in [0.25, 0.3) is 0 Å². The van der Waals surface area contributed by atoms with Gasteiger partial charge in [-0.25, -0.2) is 4.98 Å². The largest absolute Gasteiger partial charge is 0.491 e. The average molecular weight is 367 g/mol. The van der Waals surface area contributed by atoms with Gasteiger partial charge in [-0.05, 0) is 62.1 Å². The predicted octanol–water partition coefficient (Wildman–Crippen LogP) is 3.49. The van der Waals surface area contributed by atoms with Gasteiger partial charge in [-0.3, -0.25) is 4.79 Å². The highest BCUT2D eigenvalue weighted by molar-refractivity contribution is 6.03. The van der Waals surface area contributed by atoms with Crippen molar-refractivity contribution in [3.05, 3.63) is 48.2 Å². The number of hydrogen-bond donors (Lipinski definition) is 1. The number of carbonyl (C=O) groups is 1. The van der Waals surface area contributed by atoms with Gasteiger partial charge in [0.05, 0.1) is 18.0 Å². The van der Waals surface area contributed by atoms with Crippen molar-refractivity contribution in [2.24, 2.45) is 0 Å². The highest BCUT2D eigenvalue weighted by Crippen LogP contribution is 2.21. The SMILES string of the molecule is O=C(Nc1ccc(N2CCCC2)cn1)c1ccc(OCC2CCCO2)cc1. The average Bonchev–Trinajstić information content (AvgIpc) is 3.41. The Morgan fingerprint density at radius 3 is 2.63 bits per heavy atom. The zero-order chi connectivity index (χ0) is 18.5. The molecular formula is C21H25N3O3. The van der Waals surface area contributed by atoms with Crippen LogP contribution in [0.4, 0.5) is 11.5 Å². The first kappa shape index (κ1) is 17.8. The van der Waals surface area contributed by atoms with Crippen LogP contribution in [0.15, 0.2) is 42.6 Å². The number of aromatic nitrogens is 1. The normalized spacial score (nSPS) is 19.3. The van der Waals surface area contributed by atoms with Crippen LogP contribution in [0, 0.1) is 0 Å². The number of hydrogen-bond acceptors (Lipinski definition) is 5. The predicted molar refractivity (Wildman–Crippen MR) is 105 cm³/mol. The summed E-state index contributed by atoms with van der Waals surface area (Å²) in [5.74, 6) is 1.12. The Morgan fingerprint density at radius 2 is 1.96 bits per heavy atom. The number of benzene rings is 1. The minimum absolute atomic E-state index is 0.179. The van der Waals surface area contributed by atoms with E-state index < -0.39 is 0 Å². The molecule has 0 bridgehead atoms. The smallest absolute Gasteiger partial charge is 0.256 e. The van der Waals surface area contributed by atoms with Crippen molar-refractivity contribution < 1.29 is 14.3 Å². The molecule has 1 amide bonds. The summed E-state index contributed by atoms with van der Waals surface area (Å²) in [6.45, 7) is 3.53. The molecule has 2 aliphatic rings. The lowest BCUT2D eigenvalue weighted by atomic mass is 10.2. The summed E-state index contributed by atoms with van der Waals surface area (Å²) in [7, 11) is 0. The minimum atomic E-state index is -0.179. The molecule has 1 N–H and O–H groups in total. The number of pyridine rings is 1. The highest BCUT2D eigenvalue weighted by Gasteiger charge is 2.16. The molecule has 1 atom stereocenters. The van der Waals surface area contributed by atoms with Gasteiger partial charge < -0.3 is 19.7 Å². The molecule has 0 aliphatic carbocycles. The van der Waals surface area contributed by atoms with E-state index in [2.05, 4.69) is 15.2 Å². The van der Waals surface area contributed by atoms with E-state index in [0.29, 0.717) is 18.0 Å². The monoisotopic (exact) mass is 367 g/mol. The molecule has 4 rings (SSSR count). The third kappa shape index (κ3) is 4.57. The van der Waals surface area contributed by atoms with Crippen LogP contribution in [0.3, 0.4) is 0 Å². The first-order chi connectivity index (χ1) is 13.3. The van der Waals surface area contributed by atoms with Crippen LogP contribution in [0.5, 0.6) is 5.75 Å². The van der Waals surface area contributed by atoms with Crippen LogP contribution in [0.1, 0.15) is 36.0 Å². The summed E-state index contributed by atoms with van der Waals surface area (Å²) < 4.78 is 11.3. The number of nitrogens with one attached hydrogen (secondary N) is 1. The van der Waals surface area contributed by atoms with Gasteiger partial charge in [0.15, 0.2) is 0 Å². The lowest BCUT2D eigenvalue weighted by Gasteiger charge is -2.17. The van der Waals surface area contributed by atoms with E-state index in [1.165, 1.54) is 12.8 Å². The fourth-order valence-electron chi connectivity index (χ4n) is 3.48. The van der Waals surface area contributed by atoms with E-state index in [9.17, 15) is 4.79 Å². The summed E-state index contributed by atoms with van der Waals surface area (Å²) in [5.41, 5.74) is 1.68. The molecule has 142 valence electrons. The maximum atomic E-state index is 12.4. The molecule has 2 saturated heterocycles. The zero-order valence-corrected chi connectivity index (χ0v) is 15.4. The van der Waals surface area contributed by atoms with Crippen molar-refractivity contribution >= 4 is 17.4 Å². The van der Waals surface area contributed by atoms with Gasteiger partial charge in [0.1, 0.15) is 18.2 Å². The van der Waals surface area contributed by atoms with Gasteiger partial charge in [0.25, 0.3) is 5.91 Å². The van der Waals surface area contributed by atoms with Crippen LogP contribution >= 0.6 is 0 Å². The molecule has 0 saturated carbocycles. The maximum absolute atomic E-state index is 12.4. The van der Waals surface area contributed by atoms with Gasteiger partial charge in [-0.15, -0.1) is 0 Å². The summed E-state index contributed by atoms with van der Waals surface area (Å²) in [5, 5.41) is 2.84. The second kappa shape index (κ2) is 8.39. The third-order valence-electron chi connectivity index (χ3n) is 5.04. The molecule has 3 heterocycles. The van der Waals surface area contributed by atoms with Crippen molar-refractivity contribution in [1.29, 1.82) is 0 Å². The molecule has 1 unspecified atom stereocenters. The first-order valence-corrected chi connectivity index (χ1v) is 9.65. The van der Waals surface area contributed by atoms with Crippen molar-refractivity contribution in [2.45, 2.75) is 31.8 Å². The molecule has 6 heteroatoms. The Labute approximate surface area is 159 Å². The van der Waals surface area contributed by atoms with Crippen molar-refractivity contribution in [3.8, 4) is 5.75 Å². The standard InChI is InChI=1S/C21H25N3O3/c25-21(23-20-10-7-17(14-22-20)24-11-1-2-12-24)16-5-8-18(9-6-16)27-15-19-4-3-13-26-19/h5-10,14,19H,1-4,11-13,15H2,(H,22,23,25). The topological polar surface area (TPSA) is 63.7 Å². The number of anilines is 2. The number of carbonyl (C=O) groups excluding carboxylic acids is 1. The number of amides is 1. The fraction of sp³-hybridized carbons (Fsp3) is 0.429. The van der Waals surface area contributed by atoms with Crippen LogP contribution in [-0.4, -0.2) is 43.3 Å². The molecule has 1 aromatic carbocycles. The summed E-state index contributed by atoms with van der Waals surface area (Å²) >= 11 is 0. The molecule has 27 heavy (non-hydrogen) atoms. The van der Waals surface area contributed by atoms with Crippen molar-refractivity contribution in [2.75, 3.05) is 36.5 Å². The van der Waals surface area contributed by atoms with Gasteiger partial charge >= 0.3 is 0 Å². The van der Waals surface area contributed by atoms with Crippen LogP contribution in [0.2, 0.25) is 0 Å². The van der Waals surface area contributed by atoms with Crippen LogP contribution < -0.4 is 15.0 Å². The second-order valence-electron chi connectivity index (χ2n) is 7.02. The van der Waals surface area contributed by atoms with Gasteiger partial charge in [0, 0.05) is 25.3 Å². The molecule has 2 aliphatic heterocycles. The Bertz CT molecular complexity index is 749. The molecule has 0 radical (unpaired) electrons. The quantitative estimate of drug-likeness (QED) is 0.847. The number of ether oxygens (including phenoxy) is 2. The molecule has 1 aromatic heterocycles. The summed E-state index contributed by atoms with van der Waals surface area (Å²) in [6, 6.07) is 11.0. The van der Waals surface area contributed by atoms with E-state index >= 15 is 0 Å². The lowest BCUT2D eigenvalue weighted by molar-refractivity contribution is 0.0679. The van der Waals surface area contributed by atoms with Crippen molar-refractivity contribution in [3.63, 3.8) is 0 Å². The first-order valence-electron chi connectivity index (χ1n) is 9.65. The third-order valence-corrected chi connectivity index (χ3v) is 5.04. The molecule has 2 aromatic rings. The van der Waals surface area contributed by atoms with E-state index in [1.54, 1.807) is 12.1 Å². The lowest BCUT2D eigenvalue weighted by Crippen LogP contribution is -2.18. The van der Waals surface area contributed by atoms with Gasteiger partial charge in [0.2, 0.25) is 0 Å². The highest BCUT2D eigenvalue weighted by atomic mass is 16.5. The molecule has 2 fully saturated rings. The minimum Gasteiger partial charge on any atom is -0.491 e. The van der Waals surface area contributed by atoms with E-state index in [-0.39, 0.29) is 12.0 Å². The van der Waals surface area contributed by atoms with E-state index in [1.807, 2.05) is 30.5 Å². The van der Waals surface area contributed by atoms with E-state index in [4.69, 9.17) is 9.47 Å². The van der Waals surface area contributed by atoms with Gasteiger partial charge in [-0.2, -0.15) is 0 Å². The van der Waals surface area contributed by atoms with Crippen LogP contribution in [-0.2, 0) is 4.74 Å². The Hall–Kier alpha value is -2.60. The Kier molecular flexibility index (Phi) is 5.53. The fourth-order valence-corrected chi connectivity index (χ4v) is 3.48. The van der Waals surface area contributed by atoms with Crippen molar-refractivity contribution in [1.82, 2.24) is 4.98 Å². The van der Waals surface area contributed by atoms with E-state index in [0.717, 1.165) is 44.0 Å². The molecular weight excluding hydrogens is 342 g/mol. The zero-order valence-electron chi connectivity index (χ0n) is 15.4. The summed E-state index contributed by atoms with van der Waals surface area (Å²) in [4.78, 5) is 19.1. The molecule has 0 spiro atoms. The second-order valence-corrected chi connectivity index (χ2v) is 7.02. The Morgan fingerprint density at radius 1 is 1.15 bits per heavy atom. The number of nitrogens with zero attached hydrogens (tertiary/aromatic N) is 2. The summed E-state index contributed by atoms with van der Waals surface area (Å²) in [6.07, 6.45) is 6.60. The van der Waals surface area contributed by atoms with Gasteiger partial charge in [-0.1, -0.05) is 0 Å². The Balaban J connectivity index is 1.30. The maximum Gasteiger partial charge on any atom is 0.256 e.